The van der Waals surface area contributed by atoms with E-state index in [4.69, 9.17) is 11.6 Å². The SMILES string of the molecule is C=CCN1C(=O)[C@@](O)([C@@H](C)C(=O)c2ccc(Cl)cc2)c2cc(Br)ccc21. The number of aliphatic hydroxyl groups is 1. The van der Waals surface area contributed by atoms with Crippen LogP contribution in [0.4, 0.5) is 5.69 Å². The molecule has 1 heterocycles. The summed E-state index contributed by atoms with van der Waals surface area (Å²) in [6, 6.07) is 11.6. The fraction of sp³-hybridized carbons (Fsp3) is 0.200. The Labute approximate surface area is 165 Å². The molecule has 26 heavy (non-hydrogen) atoms. The quantitative estimate of drug-likeness (QED) is 0.562. The van der Waals surface area contributed by atoms with Gasteiger partial charge in [-0.2, -0.15) is 0 Å². The Morgan fingerprint density at radius 1 is 1.35 bits per heavy atom. The molecule has 134 valence electrons. The number of hydrogen-bond donors (Lipinski definition) is 1. The second kappa shape index (κ2) is 6.99. The first-order valence-corrected chi connectivity index (χ1v) is 9.22. The van der Waals surface area contributed by atoms with E-state index in [0.29, 0.717) is 26.3 Å². The number of carbonyl (C=O) groups is 2. The van der Waals surface area contributed by atoms with Crippen molar-refractivity contribution >= 4 is 44.9 Å². The van der Waals surface area contributed by atoms with Gasteiger partial charge in [0.05, 0.1) is 11.6 Å². The van der Waals surface area contributed by atoms with Crippen LogP contribution >= 0.6 is 27.5 Å². The van der Waals surface area contributed by atoms with E-state index in [1.807, 2.05) is 0 Å². The lowest BCUT2D eigenvalue weighted by Gasteiger charge is -2.28. The Morgan fingerprint density at radius 2 is 2.00 bits per heavy atom. The van der Waals surface area contributed by atoms with Gasteiger partial charge in [0, 0.05) is 27.2 Å². The van der Waals surface area contributed by atoms with Gasteiger partial charge in [-0.1, -0.05) is 40.5 Å². The predicted molar refractivity (Wildman–Crippen MR) is 106 cm³/mol. The summed E-state index contributed by atoms with van der Waals surface area (Å²) < 4.78 is 0.717. The minimum absolute atomic E-state index is 0.248. The van der Waals surface area contributed by atoms with Crippen molar-refractivity contribution in [3.05, 3.63) is 75.7 Å². The Kier molecular flexibility index (Phi) is 5.06. The van der Waals surface area contributed by atoms with Crippen molar-refractivity contribution in [1.82, 2.24) is 0 Å². The van der Waals surface area contributed by atoms with Gasteiger partial charge in [0.25, 0.3) is 5.91 Å². The zero-order valence-electron chi connectivity index (χ0n) is 14.1. The van der Waals surface area contributed by atoms with Crippen LogP contribution in [0.15, 0.2) is 59.6 Å². The average molecular weight is 435 g/mol. The maximum Gasteiger partial charge on any atom is 0.264 e. The lowest BCUT2D eigenvalue weighted by atomic mass is 9.79. The molecule has 2 aromatic carbocycles. The number of anilines is 1. The minimum Gasteiger partial charge on any atom is -0.375 e. The summed E-state index contributed by atoms with van der Waals surface area (Å²) in [5, 5.41) is 11.9. The minimum atomic E-state index is -1.95. The van der Waals surface area contributed by atoms with E-state index in [-0.39, 0.29) is 12.3 Å². The maximum atomic E-state index is 13.1. The van der Waals surface area contributed by atoms with Crippen LogP contribution in [0.1, 0.15) is 22.8 Å². The second-order valence-corrected chi connectivity index (χ2v) is 7.58. The van der Waals surface area contributed by atoms with Crippen molar-refractivity contribution in [1.29, 1.82) is 0 Å². The van der Waals surface area contributed by atoms with Gasteiger partial charge in [-0.05, 0) is 42.5 Å². The number of carbonyl (C=O) groups excluding carboxylic acids is 2. The highest BCUT2D eigenvalue weighted by Crippen LogP contribution is 2.46. The zero-order valence-corrected chi connectivity index (χ0v) is 16.4. The maximum absolute atomic E-state index is 13.1. The Bertz CT molecular complexity index is 896. The molecule has 1 aliphatic rings. The normalized spacial score (nSPS) is 20.0. The fourth-order valence-corrected chi connectivity index (χ4v) is 3.75. The monoisotopic (exact) mass is 433 g/mol. The number of halogens is 2. The lowest BCUT2D eigenvalue weighted by Crippen LogP contribution is -2.47. The predicted octanol–water partition coefficient (Wildman–Crippen LogP) is 4.34. The van der Waals surface area contributed by atoms with Gasteiger partial charge >= 0.3 is 0 Å². The molecule has 1 N–H and O–H groups in total. The molecule has 0 bridgehead atoms. The summed E-state index contributed by atoms with van der Waals surface area (Å²) in [5.41, 5.74) is -0.564. The first-order valence-electron chi connectivity index (χ1n) is 8.05. The van der Waals surface area contributed by atoms with Crippen molar-refractivity contribution in [3.63, 3.8) is 0 Å². The number of amides is 1. The van der Waals surface area contributed by atoms with Crippen LogP contribution < -0.4 is 4.90 Å². The van der Waals surface area contributed by atoms with Gasteiger partial charge < -0.3 is 10.0 Å². The first kappa shape index (κ1) is 18.8. The molecule has 1 amide bonds. The topological polar surface area (TPSA) is 57.6 Å². The smallest absolute Gasteiger partial charge is 0.264 e. The van der Waals surface area contributed by atoms with E-state index in [1.165, 1.54) is 4.90 Å². The summed E-state index contributed by atoms with van der Waals surface area (Å²) in [7, 11) is 0. The highest BCUT2D eigenvalue weighted by molar-refractivity contribution is 9.10. The molecule has 4 nitrogen and oxygen atoms in total. The number of benzene rings is 2. The van der Waals surface area contributed by atoms with Crippen molar-refractivity contribution in [2.24, 2.45) is 5.92 Å². The summed E-state index contributed by atoms with van der Waals surface area (Å²) in [6.07, 6.45) is 1.58. The highest BCUT2D eigenvalue weighted by atomic mass is 79.9. The molecule has 0 saturated heterocycles. The van der Waals surface area contributed by atoms with Crippen molar-refractivity contribution < 1.29 is 14.7 Å². The van der Waals surface area contributed by atoms with E-state index in [1.54, 1.807) is 55.5 Å². The number of Topliss-reactive ketones (excluding diaryl/α,β-unsaturated/α-hetero) is 1. The van der Waals surface area contributed by atoms with Crippen molar-refractivity contribution in [2.75, 3.05) is 11.4 Å². The van der Waals surface area contributed by atoms with Crippen LogP contribution in [-0.4, -0.2) is 23.3 Å². The molecule has 0 radical (unpaired) electrons. The molecule has 0 fully saturated rings. The lowest BCUT2D eigenvalue weighted by molar-refractivity contribution is -0.139. The zero-order chi connectivity index (χ0) is 19.1. The number of nitrogens with zero attached hydrogens (tertiary/aromatic N) is 1. The molecule has 0 unspecified atom stereocenters. The Morgan fingerprint density at radius 3 is 2.62 bits per heavy atom. The molecule has 2 atom stereocenters. The van der Waals surface area contributed by atoms with E-state index >= 15 is 0 Å². The molecular formula is C20H17BrClNO3. The van der Waals surface area contributed by atoms with Crippen molar-refractivity contribution in [3.8, 4) is 0 Å². The van der Waals surface area contributed by atoms with Gasteiger partial charge in [-0.15, -0.1) is 6.58 Å². The third-order valence-electron chi connectivity index (χ3n) is 4.69. The first-order chi connectivity index (χ1) is 12.3. The molecule has 1 aliphatic heterocycles. The molecule has 0 aromatic heterocycles. The van der Waals surface area contributed by atoms with Gasteiger partial charge in [-0.25, -0.2) is 0 Å². The van der Waals surface area contributed by atoms with E-state index in [0.717, 1.165) is 0 Å². The van der Waals surface area contributed by atoms with Crippen LogP contribution in [0.2, 0.25) is 5.02 Å². The van der Waals surface area contributed by atoms with Gasteiger partial charge in [0.2, 0.25) is 0 Å². The van der Waals surface area contributed by atoms with Crippen LogP contribution in [0.5, 0.6) is 0 Å². The molecule has 0 saturated carbocycles. The second-order valence-electron chi connectivity index (χ2n) is 6.23. The molecule has 6 heteroatoms. The summed E-state index contributed by atoms with van der Waals surface area (Å²) in [5.74, 6) is -1.83. The Balaban J connectivity index is 2.08. The van der Waals surface area contributed by atoms with Gasteiger partial charge in [-0.3, -0.25) is 9.59 Å². The fourth-order valence-electron chi connectivity index (χ4n) is 3.26. The van der Waals surface area contributed by atoms with Gasteiger partial charge in [0.15, 0.2) is 11.4 Å². The molecule has 3 rings (SSSR count). The van der Waals surface area contributed by atoms with Crippen LogP contribution in [0.3, 0.4) is 0 Å². The standard InChI is InChI=1S/C20H17BrClNO3/c1-3-10-23-17-9-6-14(21)11-16(17)20(26,19(23)25)12(2)18(24)13-4-7-15(22)8-5-13/h3-9,11-12,26H,1,10H2,2H3/t12-,20+/m0/s1. The summed E-state index contributed by atoms with van der Waals surface area (Å²) in [6.45, 7) is 5.48. The summed E-state index contributed by atoms with van der Waals surface area (Å²) in [4.78, 5) is 27.4. The molecule has 2 aromatic rings. The van der Waals surface area contributed by atoms with Crippen LogP contribution in [0.25, 0.3) is 0 Å². The average Bonchev–Trinajstić information content (AvgIpc) is 2.84. The highest BCUT2D eigenvalue weighted by Gasteiger charge is 2.55. The van der Waals surface area contributed by atoms with E-state index in [2.05, 4.69) is 22.5 Å². The molecule has 0 spiro atoms. The van der Waals surface area contributed by atoms with Crippen molar-refractivity contribution in [2.45, 2.75) is 12.5 Å². The molecule has 0 aliphatic carbocycles. The third kappa shape index (κ3) is 2.90. The number of hydrogen-bond acceptors (Lipinski definition) is 3. The van der Waals surface area contributed by atoms with Crippen LogP contribution in [0, 0.1) is 5.92 Å². The number of ketones is 1. The van der Waals surface area contributed by atoms with E-state index < -0.39 is 17.4 Å². The number of rotatable bonds is 5. The third-order valence-corrected chi connectivity index (χ3v) is 5.44. The number of fused-ring (bicyclic) bond motifs is 1. The van der Waals surface area contributed by atoms with Gasteiger partial charge in [0.1, 0.15) is 0 Å². The molecular weight excluding hydrogens is 418 g/mol. The largest absolute Gasteiger partial charge is 0.375 e. The van der Waals surface area contributed by atoms with E-state index in [9.17, 15) is 14.7 Å². The summed E-state index contributed by atoms with van der Waals surface area (Å²) >= 11 is 9.25. The Hall–Kier alpha value is -1.95. The van der Waals surface area contributed by atoms with Crippen LogP contribution in [-0.2, 0) is 10.4 Å².